The topological polar surface area (TPSA) is 38.0 Å². The molecule has 0 aliphatic heterocycles. The molecule has 1 fully saturated rings. The van der Waals surface area contributed by atoms with Gasteiger partial charge in [0.2, 0.25) is 0 Å². The number of nitrogens with zero attached hydrogens (tertiary/aromatic N) is 2. The fraction of sp³-hybridized carbons (Fsp3) is 0.700. The van der Waals surface area contributed by atoms with E-state index >= 15 is 0 Å². The van der Waals surface area contributed by atoms with Crippen molar-refractivity contribution in [3.05, 3.63) is 18.2 Å². The monoisotopic (exact) mass is 180 g/mol. The molecule has 1 aromatic rings. The van der Waals surface area contributed by atoms with Gasteiger partial charge in [0.15, 0.2) is 0 Å². The third-order valence-corrected chi connectivity index (χ3v) is 2.87. The molecule has 3 heteroatoms. The molecule has 0 saturated heterocycles. The van der Waals surface area contributed by atoms with Crippen molar-refractivity contribution in [1.82, 2.24) is 9.55 Å². The van der Waals surface area contributed by atoms with Crippen LogP contribution in [-0.2, 0) is 13.2 Å². The lowest BCUT2D eigenvalue weighted by molar-refractivity contribution is 0.266. The highest BCUT2D eigenvalue weighted by molar-refractivity contribution is 4.96. The molecule has 0 amide bonds. The molecule has 13 heavy (non-hydrogen) atoms. The molecular weight excluding hydrogens is 164 g/mol. The number of aromatic nitrogens is 2. The maximum atomic E-state index is 9.01. The van der Waals surface area contributed by atoms with Crippen LogP contribution in [0.3, 0.4) is 0 Å². The first-order valence-corrected chi connectivity index (χ1v) is 4.91. The summed E-state index contributed by atoms with van der Waals surface area (Å²) in [4.78, 5) is 4.03. The summed E-state index contributed by atoms with van der Waals surface area (Å²) in [7, 11) is 0. The molecule has 0 bridgehead atoms. The Balaban J connectivity index is 1.99. The molecule has 1 heterocycles. The van der Waals surface area contributed by atoms with E-state index in [0.29, 0.717) is 0 Å². The van der Waals surface area contributed by atoms with Gasteiger partial charge >= 0.3 is 0 Å². The van der Waals surface area contributed by atoms with Crippen LogP contribution in [0.5, 0.6) is 0 Å². The second-order valence-corrected chi connectivity index (χ2v) is 4.01. The number of hydrogen-bond acceptors (Lipinski definition) is 2. The Labute approximate surface area is 78.4 Å². The summed E-state index contributed by atoms with van der Waals surface area (Å²) in [6, 6.07) is 0. The predicted molar refractivity (Wildman–Crippen MR) is 50.0 cm³/mol. The summed E-state index contributed by atoms with van der Waals surface area (Å²) in [6.45, 7) is 3.37. The summed E-state index contributed by atoms with van der Waals surface area (Å²) in [5.41, 5.74) is 0.924. The van der Waals surface area contributed by atoms with Gasteiger partial charge in [-0.2, -0.15) is 0 Å². The first kappa shape index (κ1) is 8.75. The zero-order valence-electron chi connectivity index (χ0n) is 7.98. The molecule has 72 valence electrons. The average molecular weight is 180 g/mol. The molecule has 0 aromatic carbocycles. The van der Waals surface area contributed by atoms with E-state index in [2.05, 4.69) is 16.5 Å². The van der Waals surface area contributed by atoms with Crippen molar-refractivity contribution in [3.8, 4) is 0 Å². The minimum Gasteiger partial charge on any atom is -0.390 e. The number of rotatable bonds is 4. The lowest BCUT2D eigenvalue weighted by atomic mass is 10.1. The minimum absolute atomic E-state index is 0.0946. The van der Waals surface area contributed by atoms with Gasteiger partial charge in [-0.15, -0.1) is 0 Å². The summed E-state index contributed by atoms with van der Waals surface area (Å²) >= 11 is 0. The van der Waals surface area contributed by atoms with Crippen LogP contribution in [0.25, 0.3) is 0 Å². The number of aliphatic hydroxyl groups excluding tert-OH is 1. The van der Waals surface area contributed by atoms with E-state index in [1.165, 1.54) is 12.8 Å². The summed E-state index contributed by atoms with van der Waals surface area (Å²) in [5, 5.41) is 9.01. The van der Waals surface area contributed by atoms with Crippen LogP contribution >= 0.6 is 0 Å². The van der Waals surface area contributed by atoms with E-state index in [9.17, 15) is 0 Å². The minimum atomic E-state index is 0.0946. The highest BCUT2D eigenvalue weighted by atomic mass is 16.3. The van der Waals surface area contributed by atoms with Gasteiger partial charge in [0.1, 0.15) is 0 Å². The maximum absolute atomic E-state index is 9.01. The Morgan fingerprint density at radius 1 is 1.69 bits per heavy atom. The fourth-order valence-corrected chi connectivity index (χ4v) is 1.77. The highest BCUT2D eigenvalue weighted by Gasteiger charge is 2.28. The summed E-state index contributed by atoms with van der Waals surface area (Å²) < 4.78 is 2.06. The third-order valence-electron chi connectivity index (χ3n) is 2.87. The van der Waals surface area contributed by atoms with Crippen LogP contribution < -0.4 is 0 Å². The predicted octanol–water partition coefficient (Wildman–Crippen LogP) is 1.42. The molecule has 0 radical (unpaired) electrons. The number of imidazole rings is 1. The van der Waals surface area contributed by atoms with Gasteiger partial charge in [-0.1, -0.05) is 6.92 Å². The second kappa shape index (κ2) is 3.50. The molecule has 1 aliphatic carbocycles. The summed E-state index contributed by atoms with van der Waals surface area (Å²) in [5.74, 6) is 1.63. The van der Waals surface area contributed by atoms with Crippen molar-refractivity contribution < 1.29 is 5.11 Å². The van der Waals surface area contributed by atoms with Gasteiger partial charge in [-0.05, 0) is 24.7 Å². The first-order chi connectivity index (χ1) is 6.31. The Morgan fingerprint density at radius 2 is 2.46 bits per heavy atom. The van der Waals surface area contributed by atoms with Gasteiger partial charge in [0.25, 0.3) is 0 Å². The van der Waals surface area contributed by atoms with E-state index in [-0.39, 0.29) is 6.61 Å². The maximum Gasteiger partial charge on any atom is 0.0948 e. The smallest absolute Gasteiger partial charge is 0.0948 e. The molecule has 1 aliphatic rings. The molecular formula is C10H16N2O. The second-order valence-electron chi connectivity index (χ2n) is 4.01. The van der Waals surface area contributed by atoms with E-state index in [1.54, 1.807) is 6.20 Å². The number of aliphatic hydroxyl groups is 1. The van der Waals surface area contributed by atoms with Crippen LogP contribution in [0, 0.1) is 11.8 Å². The summed E-state index contributed by atoms with van der Waals surface area (Å²) in [6.07, 6.45) is 6.30. The third kappa shape index (κ3) is 1.91. The highest BCUT2D eigenvalue weighted by Crippen LogP contribution is 2.37. The lowest BCUT2D eigenvalue weighted by Crippen LogP contribution is -2.10. The Hall–Kier alpha value is -0.830. The molecule has 3 nitrogen and oxygen atoms in total. The number of hydrogen-bond donors (Lipinski definition) is 1. The van der Waals surface area contributed by atoms with Gasteiger partial charge < -0.3 is 9.67 Å². The van der Waals surface area contributed by atoms with E-state index < -0.39 is 0 Å². The van der Waals surface area contributed by atoms with Gasteiger partial charge in [-0.3, -0.25) is 0 Å². The van der Waals surface area contributed by atoms with Gasteiger partial charge in [0.05, 0.1) is 24.8 Å². The molecule has 1 saturated carbocycles. The van der Waals surface area contributed by atoms with E-state index in [0.717, 1.165) is 24.1 Å². The van der Waals surface area contributed by atoms with Crippen molar-refractivity contribution in [1.29, 1.82) is 0 Å². The zero-order chi connectivity index (χ0) is 9.26. The van der Waals surface area contributed by atoms with Crippen LogP contribution in [0.1, 0.15) is 25.5 Å². The van der Waals surface area contributed by atoms with Crippen molar-refractivity contribution in [2.24, 2.45) is 11.8 Å². The Kier molecular flexibility index (Phi) is 2.36. The van der Waals surface area contributed by atoms with Gasteiger partial charge in [-0.25, -0.2) is 4.98 Å². The van der Waals surface area contributed by atoms with Crippen LogP contribution in [0.4, 0.5) is 0 Å². The largest absolute Gasteiger partial charge is 0.390 e. The van der Waals surface area contributed by atoms with E-state index in [4.69, 9.17) is 5.11 Å². The van der Waals surface area contributed by atoms with Crippen LogP contribution in [-0.4, -0.2) is 14.7 Å². The molecule has 1 N–H and O–H groups in total. The molecule has 2 rings (SSSR count). The van der Waals surface area contributed by atoms with Crippen LogP contribution in [0.15, 0.2) is 12.5 Å². The SMILES string of the molecule is CC(Cn1cncc1CO)C1CC1. The van der Waals surface area contributed by atoms with Crippen molar-refractivity contribution >= 4 is 0 Å². The lowest BCUT2D eigenvalue weighted by Gasteiger charge is -2.12. The van der Waals surface area contributed by atoms with E-state index in [1.807, 2.05) is 6.33 Å². The quantitative estimate of drug-likeness (QED) is 0.761. The average Bonchev–Trinajstić information content (AvgIpc) is 2.88. The Bertz CT molecular complexity index is 278. The van der Waals surface area contributed by atoms with Crippen LogP contribution in [0.2, 0.25) is 0 Å². The zero-order valence-corrected chi connectivity index (χ0v) is 7.98. The standard InChI is InChI=1S/C10H16N2O/c1-8(9-2-3-9)5-12-7-11-4-10(12)6-13/h4,7-9,13H,2-3,5-6H2,1H3. The van der Waals surface area contributed by atoms with Crippen molar-refractivity contribution in [2.45, 2.75) is 32.9 Å². The molecule has 0 spiro atoms. The first-order valence-electron chi connectivity index (χ1n) is 4.91. The molecule has 1 aromatic heterocycles. The molecule has 1 unspecified atom stereocenters. The van der Waals surface area contributed by atoms with Gasteiger partial charge in [0, 0.05) is 6.54 Å². The Morgan fingerprint density at radius 3 is 3.08 bits per heavy atom. The fourth-order valence-electron chi connectivity index (χ4n) is 1.77. The normalized spacial score (nSPS) is 18.9. The van der Waals surface area contributed by atoms with Crippen molar-refractivity contribution in [2.75, 3.05) is 0 Å². The molecule has 1 atom stereocenters. The van der Waals surface area contributed by atoms with Crippen molar-refractivity contribution in [3.63, 3.8) is 0 Å².